The van der Waals surface area contributed by atoms with Gasteiger partial charge in [0, 0.05) is 0 Å². The summed E-state index contributed by atoms with van der Waals surface area (Å²) in [7, 11) is 0. The summed E-state index contributed by atoms with van der Waals surface area (Å²) in [5.74, 6) is -1.13. The maximum absolute atomic E-state index is 11.9. The van der Waals surface area contributed by atoms with Crippen molar-refractivity contribution in [2.45, 2.75) is 18.9 Å². The summed E-state index contributed by atoms with van der Waals surface area (Å²) in [6, 6.07) is -0.986. The van der Waals surface area contributed by atoms with E-state index in [4.69, 9.17) is 22.6 Å². The van der Waals surface area contributed by atoms with Crippen molar-refractivity contribution in [1.29, 1.82) is 0 Å². The van der Waals surface area contributed by atoms with Crippen LogP contribution in [0.1, 0.15) is 12.8 Å². The molecule has 0 aromatic carbocycles. The SMILES string of the molecule is NCCC[C@@H](C(=O)O)N(Cl)CF. The number of nitrogens with zero attached hydrogens (tertiary/aromatic N) is 1. The molecular formula is C6H12ClFN2O2. The van der Waals surface area contributed by atoms with Crippen LogP contribution in [0.3, 0.4) is 0 Å². The Morgan fingerprint density at radius 1 is 1.75 bits per heavy atom. The van der Waals surface area contributed by atoms with Crippen LogP contribution in [0.25, 0.3) is 0 Å². The van der Waals surface area contributed by atoms with Gasteiger partial charge in [-0.25, -0.2) is 4.39 Å². The van der Waals surface area contributed by atoms with Gasteiger partial charge in [-0.15, -0.1) is 0 Å². The van der Waals surface area contributed by atoms with Gasteiger partial charge in [0.25, 0.3) is 0 Å². The molecule has 0 saturated carbocycles. The monoisotopic (exact) mass is 198 g/mol. The normalized spacial score (nSPS) is 13.3. The molecule has 0 heterocycles. The van der Waals surface area contributed by atoms with E-state index in [1.54, 1.807) is 0 Å². The second-order valence-electron chi connectivity index (χ2n) is 2.30. The van der Waals surface area contributed by atoms with Gasteiger partial charge in [-0.05, 0) is 31.2 Å². The molecule has 4 nitrogen and oxygen atoms in total. The molecule has 0 aromatic heterocycles. The first-order valence-corrected chi connectivity index (χ1v) is 3.88. The number of halogens is 2. The fraction of sp³-hybridized carbons (Fsp3) is 0.833. The van der Waals surface area contributed by atoms with E-state index in [1.165, 1.54) is 0 Å². The van der Waals surface area contributed by atoms with Gasteiger partial charge in [-0.2, -0.15) is 4.42 Å². The molecule has 0 radical (unpaired) electrons. The van der Waals surface area contributed by atoms with Crippen LogP contribution in [0.4, 0.5) is 4.39 Å². The van der Waals surface area contributed by atoms with Gasteiger partial charge in [-0.3, -0.25) is 4.79 Å². The molecule has 0 unspecified atom stereocenters. The number of carboxylic acid groups (broad SMARTS) is 1. The van der Waals surface area contributed by atoms with Crippen molar-refractivity contribution in [3.8, 4) is 0 Å². The highest BCUT2D eigenvalue weighted by molar-refractivity contribution is 6.14. The summed E-state index contributed by atoms with van der Waals surface area (Å²) >= 11 is 5.30. The zero-order valence-electron chi connectivity index (χ0n) is 6.54. The molecule has 0 rings (SSSR count). The minimum atomic E-state index is -1.13. The molecule has 0 bridgehead atoms. The quantitative estimate of drug-likeness (QED) is 0.484. The van der Waals surface area contributed by atoms with Crippen LogP contribution < -0.4 is 5.73 Å². The molecular weight excluding hydrogens is 187 g/mol. The average Bonchev–Trinajstić information content (AvgIpc) is 2.04. The molecule has 3 N–H and O–H groups in total. The van der Waals surface area contributed by atoms with Crippen LogP contribution in [-0.2, 0) is 4.79 Å². The maximum atomic E-state index is 11.9. The molecule has 0 aromatic rings. The lowest BCUT2D eigenvalue weighted by molar-refractivity contribution is -0.142. The number of carboxylic acids is 1. The van der Waals surface area contributed by atoms with Crippen molar-refractivity contribution in [2.24, 2.45) is 5.73 Å². The zero-order chi connectivity index (χ0) is 9.56. The predicted octanol–water partition coefficient (Wildman–Crippen LogP) is 0.561. The van der Waals surface area contributed by atoms with Crippen LogP contribution in [0.5, 0.6) is 0 Å². The Kier molecular flexibility index (Phi) is 5.96. The number of hydrogen-bond acceptors (Lipinski definition) is 3. The smallest absolute Gasteiger partial charge is 0.322 e. The van der Waals surface area contributed by atoms with Crippen molar-refractivity contribution >= 4 is 17.7 Å². The molecule has 0 aliphatic rings. The molecule has 12 heavy (non-hydrogen) atoms. The van der Waals surface area contributed by atoms with E-state index in [1.807, 2.05) is 0 Å². The summed E-state index contributed by atoms with van der Waals surface area (Å²) in [6.45, 7) is -0.607. The fourth-order valence-corrected chi connectivity index (χ4v) is 0.959. The van der Waals surface area contributed by atoms with E-state index < -0.39 is 18.8 Å². The number of nitrogens with two attached hydrogens (primary N) is 1. The lowest BCUT2D eigenvalue weighted by Gasteiger charge is -2.17. The van der Waals surface area contributed by atoms with Crippen molar-refractivity contribution in [3.05, 3.63) is 0 Å². The van der Waals surface area contributed by atoms with Gasteiger partial charge < -0.3 is 10.8 Å². The first-order valence-electron chi connectivity index (χ1n) is 3.54. The fourth-order valence-electron chi connectivity index (χ4n) is 0.778. The van der Waals surface area contributed by atoms with Crippen molar-refractivity contribution in [1.82, 2.24) is 4.42 Å². The van der Waals surface area contributed by atoms with Gasteiger partial charge >= 0.3 is 5.97 Å². The molecule has 1 atom stereocenters. The third-order valence-electron chi connectivity index (χ3n) is 1.42. The first kappa shape index (κ1) is 11.6. The van der Waals surface area contributed by atoms with Crippen molar-refractivity contribution in [2.75, 3.05) is 13.3 Å². The minimum Gasteiger partial charge on any atom is -0.480 e. The summed E-state index contributed by atoms with van der Waals surface area (Å²) < 4.78 is 12.5. The third kappa shape index (κ3) is 3.85. The number of carbonyl (C=O) groups is 1. The summed E-state index contributed by atoms with van der Waals surface area (Å²) in [4.78, 5) is 10.5. The molecule has 0 aliphatic heterocycles. The van der Waals surface area contributed by atoms with Crippen LogP contribution in [0.2, 0.25) is 0 Å². The first-order chi connectivity index (χ1) is 5.63. The van der Waals surface area contributed by atoms with Crippen LogP contribution >= 0.6 is 11.8 Å². The molecule has 0 spiro atoms. The summed E-state index contributed by atoms with van der Waals surface area (Å²) in [6.07, 6.45) is 0.777. The van der Waals surface area contributed by atoms with E-state index in [9.17, 15) is 9.18 Å². The summed E-state index contributed by atoms with van der Waals surface area (Å²) in [5.41, 5.74) is 5.17. The average molecular weight is 199 g/mol. The summed E-state index contributed by atoms with van der Waals surface area (Å²) in [5, 5.41) is 8.57. The van der Waals surface area contributed by atoms with E-state index in [-0.39, 0.29) is 6.42 Å². The minimum absolute atomic E-state index is 0.263. The Morgan fingerprint density at radius 2 is 2.33 bits per heavy atom. The maximum Gasteiger partial charge on any atom is 0.322 e. The molecule has 0 aliphatic carbocycles. The Hall–Kier alpha value is -0.390. The highest BCUT2D eigenvalue weighted by atomic mass is 35.5. The second kappa shape index (κ2) is 6.16. The number of hydrogen-bond donors (Lipinski definition) is 2. The van der Waals surface area contributed by atoms with E-state index in [0.29, 0.717) is 17.4 Å². The van der Waals surface area contributed by atoms with E-state index in [2.05, 4.69) is 0 Å². The van der Waals surface area contributed by atoms with Gasteiger partial charge in [-0.1, -0.05) is 0 Å². The topological polar surface area (TPSA) is 66.6 Å². The molecule has 0 amide bonds. The molecule has 0 saturated heterocycles. The Balaban J connectivity index is 3.94. The Bertz CT molecular complexity index is 148. The van der Waals surface area contributed by atoms with E-state index in [0.717, 1.165) is 0 Å². The second-order valence-corrected chi connectivity index (χ2v) is 2.74. The lowest BCUT2D eigenvalue weighted by atomic mass is 10.1. The highest BCUT2D eigenvalue weighted by Gasteiger charge is 2.23. The zero-order valence-corrected chi connectivity index (χ0v) is 7.30. The van der Waals surface area contributed by atoms with Crippen molar-refractivity contribution in [3.63, 3.8) is 0 Å². The molecule has 0 fully saturated rings. The third-order valence-corrected chi connectivity index (χ3v) is 1.75. The highest BCUT2D eigenvalue weighted by Crippen LogP contribution is 2.09. The Morgan fingerprint density at radius 3 is 2.67 bits per heavy atom. The largest absolute Gasteiger partial charge is 0.480 e. The van der Waals surface area contributed by atoms with Gasteiger partial charge in [0.05, 0.1) is 0 Å². The van der Waals surface area contributed by atoms with Gasteiger partial charge in [0.1, 0.15) is 6.04 Å². The Labute approximate surface area is 75.2 Å². The molecule has 6 heteroatoms. The number of aliphatic carboxylic acids is 1. The molecule has 72 valence electrons. The number of alkyl halides is 1. The van der Waals surface area contributed by atoms with Crippen LogP contribution in [0, 0.1) is 0 Å². The standard InChI is InChI=1S/C6H12ClFN2O2/c7-10(4-8)5(6(11)12)2-1-3-9/h5H,1-4,9H2,(H,11,12)/t5-/m0/s1. The lowest BCUT2D eigenvalue weighted by Crippen LogP contribution is -2.34. The van der Waals surface area contributed by atoms with Crippen LogP contribution in [-0.4, -0.2) is 34.9 Å². The van der Waals surface area contributed by atoms with Crippen LogP contribution in [0.15, 0.2) is 0 Å². The van der Waals surface area contributed by atoms with Gasteiger partial charge in [0.15, 0.2) is 6.80 Å². The van der Waals surface area contributed by atoms with Crippen molar-refractivity contribution < 1.29 is 14.3 Å². The predicted molar refractivity (Wildman–Crippen MR) is 43.4 cm³/mol. The number of rotatable bonds is 6. The van der Waals surface area contributed by atoms with E-state index >= 15 is 0 Å². The van der Waals surface area contributed by atoms with Gasteiger partial charge in [0.2, 0.25) is 0 Å².